The van der Waals surface area contributed by atoms with Crippen molar-refractivity contribution in [3.8, 4) is 0 Å². The summed E-state index contributed by atoms with van der Waals surface area (Å²) in [6.45, 7) is 9.12. The number of epoxide rings is 1. The van der Waals surface area contributed by atoms with Crippen LogP contribution in [0, 0.1) is 0 Å². The molecule has 0 amide bonds. The molecule has 5 nitrogen and oxygen atoms in total. The van der Waals surface area contributed by atoms with Crippen molar-refractivity contribution in [2.45, 2.75) is 114 Å². The lowest BCUT2D eigenvalue weighted by Gasteiger charge is -2.37. The van der Waals surface area contributed by atoms with Gasteiger partial charge in [-0.15, -0.1) is 0 Å². The zero-order valence-corrected chi connectivity index (χ0v) is 18.4. The topological polar surface area (TPSA) is 60.5 Å². The Morgan fingerprint density at radius 3 is 2.19 bits per heavy atom. The molecule has 0 aromatic carbocycles. The van der Waals surface area contributed by atoms with Gasteiger partial charge in [-0.05, 0) is 37.4 Å². The van der Waals surface area contributed by atoms with E-state index in [9.17, 15) is 5.11 Å². The second-order valence-corrected chi connectivity index (χ2v) is 13.0. The highest BCUT2D eigenvalue weighted by molar-refractivity contribution is 6.73. The number of rotatable bonds is 8. The molecule has 156 valence electrons. The van der Waals surface area contributed by atoms with Gasteiger partial charge in [0.15, 0.2) is 8.32 Å². The summed E-state index contributed by atoms with van der Waals surface area (Å²) in [7, 11) is -1.68. The molecule has 0 bridgehead atoms. The molecule has 1 N–H and O–H groups in total. The lowest BCUT2D eigenvalue weighted by Crippen LogP contribution is -2.46. The minimum absolute atomic E-state index is 0.0328. The second kappa shape index (κ2) is 9.50. The van der Waals surface area contributed by atoms with E-state index in [4.69, 9.17) is 18.6 Å². The summed E-state index contributed by atoms with van der Waals surface area (Å²) in [4.78, 5) is 0. The van der Waals surface area contributed by atoms with Gasteiger partial charge < -0.3 is 23.7 Å². The molecule has 2 fully saturated rings. The smallest absolute Gasteiger partial charge is 0.192 e. The van der Waals surface area contributed by atoms with E-state index in [0.717, 1.165) is 43.8 Å². The van der Waals surface area contributed by atoms with Crippen molar-refractivity contribution >= 4 is 8.32 Å². The molecule has 3 rings (SSSR count). The fourth-order valence-electron chi connectivity index (χ4n) is 4.67. The third-order valence-corrected chi connectivity index (χ3v) is 11.5. The Hall–Kier alpha value is -0.243. The fraction of sp³-hybridized carbons (Fsp3) is 0.905. The first-order valence-corrected chi connectivity index (χ1v) is 13.5. The Morgan fingerprint density at radius 1 is 0.889 bits per heavy atom. The molecule has 7 atom stereocenters. The molecule has 2 saturated heterocycles. The number of hydrogen-bond donors (Lipinski definition) is 1. The van der Waals surface area contributed by atoms with E-state index in [1.54, 1.807) is 0 Å². The Balaban J connectivity index is 1.69. The Bertz CT molecular complexity index is 487. The molecule has 27 heavy (non-hydrogen) atoms. The first-order valence-electron chi connectivity index (χ1n) is 11.0. The quantitative estimate of drug-likeness (QED) is 0.383. The van der Waals surface area contributed by atoms with Gasteiger partial charge in [-0.1, -0.05) is 39.8 Å². The van der Waals surface area contributed by atoms with Gasteiger partial charge in [0.1, 0.15) is 12.2 Å². The highest BCUT2D eigenvalue weighted by Gasteiger charge is 2.51. The molecule has 0 aliphatic carbocycles. The van der Waals surface area contributed by atoms with E-state index in [1.807, 2.05) is 0 Å². The molecule has 3 aliphatic rings. The van der Waals surface area contributed by atoms with Gasteiger partial charge in [-0.3, -0.25) is 0 Å². The van der Waals surface area contributed by atoms with Crippen LogP contribution in [-0.2, 0) is 18.6 Å². The first kappa shape index (κ1) is 21.5. The normalized spacial score (nSPS) is 40.7. The summed E-state index contributed by atoms with van der Waals surface area (Å²) in [6, 6.07) is 3.49. The van der Waals surface area contributed by atoms with Crippen LogP contribution in [0.2, 0.25) is 18.1 Å². The summed E-state index contributed by atoms with van der Waals surface area (Å²) in [5.74, 6) is 0. The van der Waals surface area contributed by atoms with Crippen LogP contribution in [0.15, 0.2) is 12.2 Å². The number of aliphatic hydroxyl groups excluding tert-OH is 1. The van der Waals surface area contributed by atoms with Crippen LogP contribution >= 0.6 is 0 Å². The number of ether oxygens (including phenoxy) is 3. The monoisotopic (exact) mass is 398 g/mol. The largest absolute Gasteiger partial charge is 0.411 e. The van der Waals surface area contributed by atoms with Crippen molar-refractivity contribution in [1.29, 1.82) is 0 Å². The summed E-state index contributed by atoms with van der Waals surface area (Å²) >= 11 is 0. The van der Waals surface area contributed by atoms with Crippen LogP contribution < -0.4 is 0 Å². The highest BCUT2D eigenvalue weighted by atomic mass is 28.4. The second-order valence-electron chi connectivity index (χ2n) is 8.23. The van der Waals surface area contributed by atoms with Crippen LogP contribution in [0.25, 0.3) is 0 Å². The van der Waals surface area contributed by atoms with Gasteiger partial charge in [0.05, 0.1) is 37.1 Å². The summed E-state index contributed by atoms with van der Waals surface area (Å²) in [5.41, 5.74) is 0. The van der Waals surface area contributed by atoms with E-state index >= 15 is 0 Å². The molecule has 0 radical (unpaired) electrons. The van der Waals surface area contributed by atoms with Crippen LogP contribution in [0.3, 0.4) is 0 Å². The minimum atomic E-state index is -1.68. The lowest BCUT2D eigenvalue weighted by atomic mass is 10.1. The summed E-state index contributed by atoms with van der Waals surface area (Å²) in [6.07, 6.45) is 8.52. The van der Waals surface area contributed by atoms with Crippen LogP contribution in [0.4, 0.5) is 0 Å². The number of aliphatic hydroxyl groups is 1. The number of hydrogen-bond acceptors (Lipinski definition) is 5. The highest BCUT2D eigenvalue weighted by Crippen LogP contribution is 2.38. The van der Waals surface area contributed by atoms with Crippen LogP contribution in [0.1, 0.15) is 53.4 Å². The van der Waals surface area contributed by atoms with Gasteiger partial charge in [0.25, 0.3) is 0 Å². The molecule has 0 aromatic heterocycles. The molecular formula is C21H38O5Si. The van der Waals surface area contributed by atoms with Crippen molar-refractivity contribution in [2.24, 2.45) is 0 Å². The van der Waals surface area contributed by atoms with Gasteiger partial charge >= 0.3 is 0 Å². The van der Waals surface area contributed by atoms with Crippen molar-refractivity contribution in [3.63, 3.8) is 0 Å². The molecule has 0 aromatic rings. The van der Waals surface area contributed by atoms with Crippen LogP contribution in [-0.4, -0.2) is 62.8 Å². The van der Waals surface area contributed by atoms with Crippen molar-refractivity contribution in [1.82, 2.24) is 0 Å². The van der Waals surface area contributed by atoms with E-state index < -0.39 is 8.32 Å². The van der Waals surface area contributed by atoms with E-state index in [1.165, 1.54) is 0 Å². The summed E-state index contributed by atoms with van der Waals surface area (Å²) < 4.78 is 25.3. The van der Waals surface area contributed by atoms with Crippen molar-refractivity contribution in [3.05, 3.63) is 12.2 Å². The molecule has 3 aliphatic heterocycles. The Morgan fingerprint density at radius 2 is 1.59 bits per heavy atom. The summed E-state index contributed by atoms with van der Waals surface area (Å²) in [5, 5.41) is 9.28. The molecule has 6 heteroatoms. The average Bonchev–Trinajstić information content (AvgIpc) is 3.37. The average molecular weight is 399 g/mol. The van der Waals surface area contributed by atoms with E-state index in [0.29, 0.717) is 0 Å². The lowest BCUT2D eigenvalue weighted by molar-refractivity contribution is -0.0934. The maximum atomic E-state index is 9.28. The molecule has 0 spiro atoms. The van der Waals surface area contributed by atoms with E-state index in [2.05, 4.69) is 39.8 Å². The third-order valence-electron chi connectivity index (χ3n) is 6.80. The van der Waals surface area contributed by atoms with Crippen molar-refractivity contribution < 1.29 is 23.7 Å². The number of fused-ring (bicyclic) bond motifs is 1. The zero-order valence-electron chi connectivity index (χ0n) is 17.4. The van der Waals surface area contributed by atoms with Gasteiger partial charge in [-0.25, -0.2) is 0 Å². The molecule has 0 unspecified atom stereocenters. The predicted molar refractivity (Wildman–Crippen MR) is 108 cm³/mol. The zero-order chi connectivity index (χ0) is 19.4. The first-order chi connectivity index (χ1) is 13.1. The SMILES string of the molecule is CC[C@H]1O[C@H]2C[C@H]([C@H]3O[C@H]3CO)O[C@H]2C/C=C\C[C@H]1O[Si](CC)(CC)CC. The van der Waals surface area contributed by atoms with Gasteiger partial charge in [0.2, 0.25) is 0 Å². The maximum absolute atomic E-state index is 9.28. The van der Waals surface area contributed by atoms with Gasteiger partial charge in [-0.2, -0.15) is 0 Å². The molecule has 0 saturated carbocycles. The fourth-order valence-corrected chi connectivity index (χ4v) is 7.56. The Labute approximate surface area is 165 Å². The van der Waals surface area contributed by atoms with E-state index in [-0.39, 0.29) is 49.3 Å². The van der Waals surface area contributed by atoms with Crippen LogP contribution in [0.5, 0.6) is 0 Å². The minimum Gasteiger partial charge on any atom is -0.411 e. The van der Waals surface area contributed by atoms with Crippen molar-refractivity contribution in [2.75, 3.05) is 6.61 Å². The molecular weight excluding hydrogens is 360 g/mol. The molecule has 3 heterocycles. The third kappa shape index (κ3) is 4.85. The standard InChI is InChI=1S/C21H38O5Si/c1-5-15-17(26-27(6-2,7-3)8-4)12-10-9-11-16-18(23-15)13-19(24-16)21-20(14-22)25-21/h9-10,15-22H,5-8,11-14H2,1-4H3/b10-9-/t15-,16+,17-,18+,19-,20+,21-/m1/s1. The van der Waals surface area contributed by atoms with Gasteiger partial charge in [0, 0.05) is 6.42 Å². The maximum Gasteiger partial charge on any atom is 0.192 e. The Kier molecular flexibility index (Phi) is 7.56. The predicted octanol–water partition coefficient (Wildman–Crippen LogP) is 3.81.